The Morgan fingerprint density at radius 3 is 2.83 bits per heavy atom. The molecule has 1 aliphatic rings. The molecule has 1 aromatic rings. The van der Waals surface area contributed by atoms with Crippen molar-refractivity contribution < 1.29 is 0 Å². The van der Waals surface area contributed by atoms with Crippen molar-refractivity contribution in [3.63, 3.8) is 0 Å². The molecule has 3 nitrogen and oxygen atoms in total. The van der Waals surface area contributed by atoms with Gasteiger partial charge in [0.15, 0.2) is 0 Å². The highest BCUT2D eigenvalue weighted by Gasteiger charge is 2.25. The van der Waals surface area contributed by atoms with Gasteiger partial charge in [0.1, 0.15) is 0 Å². The summed E-state index contributed by atoms with van der Waals surface area (Å²) in [5.41, 5.74) is 7.50. The van der Waals surface area contributed by atoms with E-state index in [2.05, 4.69) is 28.9 Å². The second-order valence-electron chi connectivity index (χ2n) is 5.25. The first kappa shape index (κ1) is 13.5. The topological polar surface area (TPSA) is 42.2 Å². The molecule has 0 aromatic carbocycles. The Hall–Kier alpha value is -0.930. The van der Waals surface area contributed by atoms with Crippen molar-refractivity contribution in [2.75, 3.05) is 6.54 Å². The molecule has 2 N–H and O–H groups in total. The molecule has 0 saturated heterocycles. The van der Waals surface area contributed by atoms with Crippen LogP contribution in [0.5, 0.6) is 0 Å². The molecule has 0 aliphatic heterocycles. The van der Waals surface area contributed by atoms with Gasteiger partial charge in [0.25, 0.3) is 0 Å². The number of pyridine rings is 1. The van der Waals surface area contributed by atoms with E-state index in [0.717, 1.165) is 18.8 Å². The highest BCUT2D eigenvalue weighted by molar-refractivity contribution is 5.04. The van der Waals surface area contributed by atoms with Crippen molar-refractivity contribution in [2.24, 2.45) is 5.73 Å². The van der Waals surface area contributed by atoms with Gasteiger partial charge in [0.05, 0.1) is 5.69 Å². The zero-order valence-electron chi connectivity index (χ0n) is 11.4. The van der Waals surface area contributed by atoms with E-state index in [0.29, 0.717) is 12.1 Å². The maximum atomic E-state index is 6.35. The molecule has 1 heterocycles. The Kier molecular flexibility index (Phi) is 5.14. The molecule has 3 heteroatoms. The standard InChI is InChI=1S/C15H25N3/c1-2-18(12-13-8-6-7-11-17-13)15-10-5-3-4-9-14(15)16/h6-8,11,14-15H,2-5,9-10,12,16H2,1H3. The average molecular weight is 247 g/mol. The normalized spacial score (nSPS) is 25.1. The van der Waals surface area contributed by atoms with E-state index in [4.69, 9.17) is 5.73 Å². The minimum absolute atomic E-state index is 0.330. The summed E-state index contributed by atoms with van der Waals surface area (Å²) in [5.74, 6) is 0. The first-order valence-electron chi connectivity index (χ1n) is 7.20. The molecule has 1 fully saturated rings. The molecule has 1 aliphatic carbocycles. The third-order valence-electron chi connectivity index (χ3n) is 4.00. The van der Waals surface area contributed by atoms with Crippen LogP contribution >= 0.6 is 0 Å². The van der Waals surface area contributed by atoms with Crippen LogP contribution in [-0.2, 0) is 6.54 Å². The highest BCUT2D eigenvalue weighted by Crippen LogP contribution is 2.22. The molecule has 2 unspecified atom stereocenters. The van der Waals surface area contributed by atoms with Gasteiger partial charge in [-0.15, -0.1) is 0 Å². The molecule has 1 aromatic heterocycles. The third-order valence-corrected chi connectivity index (χ3v) is 4.00. The smallest absolute Gasteiger partial charge is 0.0544 e. The van der Waals surface area contributed by atoms with E-state index in [1.807, 2.05) is 12.3 Å². The molecule has 0 spiro atoms. The van der Waals surface area contributed by atoms with Gasteiger partial charge in [-0.2, -0.15) is 0 Å². The SMILES string of the molecule is CCN(Cc1ccccn1)C1CCCCCC1N. The van der Waals surface area contributed by atoms with Gasteiger partial charge in [-0.05, 0) is 31.5 Å². The largest absolute Gasteiger partial charge is 0.326 e. The predicted octanol–water partition coefficient (Wildman–Crippen LogP) is 2.56. The first-order valence-corrected chi connectivity index (χ1v) is 7.20. The van der Waals surface area contributed by atoms with Gasteiger partial charge in [0.2, 0.25) is 0 Å². The Balaban J connectivity index is 2.02. The number of rotatable bonds is 4. The molecule has 0 bridgehead atoms. The monoisotopic (exact) mass is 247 g/mol. The minimum Gasteiger partial charge on any atom is -0.326 e. The van der Waals surface area contributed by atoms with Crippen LogP contribution < -0.4 is 5.73 Å². The van der Waals surface area contributed by atoms with Gasteiger partial charge in [-0.25, -0.2) is 0 Å². The summed E-state index contributed by atoms with van der Waals surface area (Å²) in [4.78, 5) is 6.93. The fourth-order valence-corrected chi connectivity index (χ4v) is 2.93. The van der Waals surface area contributed by atoms with Gasteiger partial charge in [0, 0.05) is 24.8 Å². The van der Waals surface area contributed by atoms with E-state index in [-0.39, 0.29) is 0 Å². The second-order valence-corrected chi connectivity index (χ2v) is 5.25. The summed E-state index contributed by atoms with van der Waals surface area (Å²) in [6.07, 6.45) is 8.22. The van der Waals surface area contributed by atoms with Crippen LogP contribution in [0.2, 0.25) is 0 Å². The second kappa shape index (κ2) is 6.86. The molecular formula is C15H25N3. The van der Waals surface area contributed by atoms with E-state index < -0.39 is 0 Å². The number of hydrogen-bond donors (Lipinski definition) is 1. The van der Waals surface area contributed by atoms with Crippen molar-refractivity contribution in [3.05, 3.63) is 30.1 Å². The number of nitrogens with zero attached hydrogens (tertiary/aromatic N) is 2. The number of hydrogen-bond acceptors (Lipinski definition) is 3. The van der Waals surface area contributed by atoms with Gasteiger partial charge in [-0.1, -0.05) is 32.3 Å². The van der Waals surface area contributed by atoms with Gasteiger partial charge in [-0.3, -0.25) is 9.88 Å². The maximum Gasteiger partial charge on any atom is 0.0544 e. The Morgan fingerprint density at radius 1 is 1.28 bits per heavy atom. The lowest BCUT2D eigenvalue weighted by molar-refractivity contribution is 0.161. The number of likely N-dealkylation sites (N-methyl/N-ethyl adjacent to an activating group) is 1. The number of nitrogens with two attached hydrogens (primary N) is 1. The van der Waals surface area contributed by atoms with Crippen molar-refractivity contribution in [1.29, 1.82) is 0 Å². The zero-order chi connectivity index (χ0) is 12.8. The zero-order valence-corrected chi connectivity index (χ0v) is 11.4. The van der Waals surface area contributed by atoms with Crippen LogP contribution in [-0.4, -0.2) is 28.5 Å². The van der Waals surface area contributed by atoms with Crippen molar-refractivity contribution in [1.82, 2.24) is 9.88 Å². The molecule has 0 radical (unpaired) electrons. The summed E-state index contributed by atoms with van der Waals surface area (Å²) in [5, 5.41) is 0. The fourth-order valence-electron chi connectivity index (χ4n) is 2.93. The Labute approximate surface area is 110 Å². The Bertz CT molecular complexity index is 339. The molecule has 1 saturated carbocycles. The van der Waals surface area contributed by atoms with Crippen LogP contribution in [0, 0.1) is 0 Å². The van der Waals surface area contributed by atoms with Crippen LogP contribution in [0.15, 0.2) is 24.4 Å². The van der Waals surface area contributed by atoms with Gasteiger partial charge >= 0.3 is 0 Å². The third kappa shape index (κ3) is 3.53. The highest BCUT2D eigenvalue weighted by atomic mass is 15.2. The van der Waals surface area contributed by atoms with E-state index in [9.17, 15) is 0 Å². The lowest BCUT2D eigenvalue weighted by atomic mass is 10.0. The first-order chi connectivity index (χ1) is 8.81. The lowest BCUT2D eigenvalue weighted by Gasteiger charge is -2.33. The average Bonchev–Trinajstić information content (AvgIpc) is 2.62. The molecule has 0 amide bonds. The van der Waals surface area contributed by atoms with Crippen LogP contribution in [0.1, 0.15) is 44.7 Å². The van der Waals surface area contributed by atoms with Crippen LogP contribution in [0.25, 0.3) is 0 Å². The number of aromatic nitrogens is 1. The summed E-state index contributed by atoms with van der Waals surface area (Å²) in [6.45, 7) is 4.20. The quantitative estimate of drug-likeness (QED) is 0.831. The van der Waals surface area contributed by atoms with E-state index >= 15 is 0 Å². The van der Waals surface area contributed by atoms with Crippen molar-refractivity contribution >= 4 is 0 Å². The molecular weight excluding hydrogens is 222 g/mol. The van der Waals surface area contributed by atoms with Crippen molar-refractivity contribution in [2.45, 2.75) is 57.7 Å². The fraction of sp³-hybridized carbons (Fsp3) is 0.667. The molecule has 18 heavy (non-hydrogen) atoms. The summed E-state index contributed by atoms with van der Waals surface area (Å²) >= 11 is 0. The van der Waals surface area contributed by atoms with E-state index in [1.54, 1.807) is 0 Å². The molecule has 2 rings (SSSR count). The predicted molar refractivity (Wildman–Crippen MR) is 75.2 cm³/mol. The Morgan fingerprint density at radius 2 is 2.11 bits per heavy atom. The molecule has 100 valence electrons. The summed E-state index contributed by atoms with van der Waals surface area (Å²) in [7, 11) is 0. The summed E-state index contributed by atoms with van der Waals surface area (Å²) in [6, 6.07) is 6.99. The van der Waals surface area contributed by atoms with Crippen LogP contribution in [0.4, 0.5) is 0 Å². The molecule has 2 atom stereocenters. The lowest BCUT2D eigenvalue weighted by Crippen LogP contribution is -2.46. The van der Waals surface area contributed by atoms with Gasteiger partial charge < -0.3 is 5.73 Å². The minimum atomic E-state index is 0.330. The maximum absolute atomic E-state index is 6.35. The van der Waals surface area contributed by atoms with E-state index in [1.165, 1.54) is 32.1 Å². The summed E-state index contributed by atoms with van der Waals surface area (Å²) < 4.78 is 0. The van der Waals surface area contributed by atoms with Crippen LogP contribution in [0.3, 0.4) is 0 Å². The van der Waals surface area contributed by atoms with Crippen molar-refractivity contribution in [3.8, 4) is 0 Å².